The summed E-state index contributed by atoms with van der Waals surface area (Å²) in [7, 11) is 0. The van der Waals surface area contributed by atoms with Crippen molar-refractivity contribution in [3.63, 3.8) is 0 Å². The van der Waals surface area contributed by atoms with Crippen LogP contribution in [0.15, 0.2) is 11.6 Å². The Labute approximate surface area is 84.7 Å². The average Bonchev–Trinajstić information content (AvgIpc) is 2.52. The smallest absolute Gasteiger partial charge is 0.193 e. The Hall–Kier alpha value is -0.380. The van der Waals surface area contributed by atoms with Crippen molar-refractivity contribution in [3.8, 4) is 0 Å². The Kier molecular flexibility index (Phi) is 2.41. The van der Waals surface area contributed by atoms with Gasteiger partial charge >= 0.3 is 0 Å². The van der Waals surface area contributed by atoms with Crippen LogP contribution in [0.1, 0.15) is 33.1 Å². The predicted molar refractivity (Wildman–Crippen MR) is 52.9 cm³/mol. The second-order valence-electron chi connectivity index (χ2n) is 4.52. The molecule has 0 atom stereocenters. The highest BCUT2D eigenvalue weighted by molar-refractivity contribution is 5.25. The lowest BCUT2D eigenvalue weighted by Gasteiger charge is -2.38. The molecule has 0 bridgehead atoms. The summed E-state index contributed by atoms with van der Waals surface area (Å²) in [6, 6.07) is 0. The van der Waals surface area contributed by atoms with Crippen LogP contribution in [0, 0.1) is 0 Å². The molecular weight excluding hydrogens is 180 g/mol. The first-order valence-corrected chi connectivity index (χ1v) is 5.26. The molecule has 2 aliphatic rings. The normalized spacial score (nSPS) is 26.6. The van der Waals surface area contributed by atoms with Crippen molar-refractivity contribution in [2.45, 2.75) is 44.5 Å². The molecule has 1 fully saturated rings. The van der Waals surface area contributed by atoms with Gasteiger partial charge in [0.05, 0.1) is 18.8 Å². The van der Waals surface area contributed by atoms with Crippen LogP contribution in [0.3, 0.4) is 0 Å². The first kappa shape index (κ1) is 10.1. The highest BCUT2D eigenvalue weighted by atomic mass is 16.7. The van der Waals surface area contributed by atoms with E-state index in [0.29, 0.717) is 13.2 Å². The minimum atomic E-state index is -0.843. The van der Waals surface area contributed by atoms with Gasteiger partial charge in [-0.05, 0) is 26.7 Å². The largest absolute Gasteiger partial charge is 0.386 e. The van der Waals surface area contributed by atoms with E-state index in [2.05, 4.69) is 6.08 Å². The van der Waals surface area contributed by atoms with Crippen molar-refractivity contribution >= 4 is 0 Å². The van der Waals surface area contributed by atoms with Crippen LogP contribution in [0.2, 0.25) is 0 Å². The van der Waals surface area contributed by atoms with E-state index in [9.17, 15) is 5.11 Å². The molecule has 0 saturated carbocycles. The van der Waals surface area contributed by atoms with Crippen molar-refractivity contribution in [2.24, 2.45) is 0 Å². The Morgan fingerprint density at radius 2 is 2.00 bits per heavy atom. The van der Waals surface area contributed by atoms with Gasteiger partial charge in [0.2, 0.25) is 0 Å². The summed E-state index contributed by atoms with van der Waals surface area (Å²) in [5.41, 5.74) is 0.0545. The summed E-state index contributed by atoms with van der Waals surface area (Å²) in [5.74, 6) is -0.615. The molecular formula is C11H18O3. The molecule has 0 amide bonds. The maximum atomic E-state index is 10.0. The molecule has 1 saturated heterocycles. The molecule has 1 spiro atoms. The number of aliphatic hydroxyl groups is 1. The fraction of sp³-hybridized carbons (Fsp3) is 0.818. The van der Waals surface area contributed by atoms with Gasteiger partial charge in [0.25, 0.3) is 0 Å². The summed E-state index contributed by atoms with van der Waals surface area (Å²) >= 11 is 0. The van der Waals surface area contributed by atoms with Crippen LogP contribution in [0.5, 0.6) is 0 Å². The lowest BCUT2D eigenvalue weighted by atomic mass is 9.83. The summed E-state index contributed by atoms with van der Waals surface area (Å²) in [4.78, 5) is 0. The topological polar surface area (TPSA) is 38.7 Å². The molecule has 1 aliphatic heterocycles. The van der Waals surface area contributed by atoms with Crippen LogP contribution in [0.4, 0.5) is 0 Å². The molecule has 3 nitrogen and oxygen atoms in total. The molecule has 80 valence electrons. The van der Waals surface area contributed by atoms with Gasteiger partial charge in [0.15, 0.2) is 5.79 Å². The van der Waals surface area contributed by atoms with E-state index in [4.69, 9.17) is 9.47 Å². The third kappa shape index (κ3) is 1.60. The lowest BCUT2D eigenvalue weighted by Crippen LogP contribution is -2.43. The third-order valence-electron chi connectivity index (χ3n) is 2.88. The number of hydrogen-bond donors (Lipinski definition) is 1. The fourth-order valence-corrected chi connectivity index (χ4v) is 2.34. The van der Waals surface area contributed by atoms with E-state index in [1.165, 1.54) is 0 Å². The molecule has 0 aromatic rings. The molecule has 0 unspecified atom stereocenters. The van der Waals surface area contributed by atoms with E-state index >= 15 is 0 Å². The molecule has 0 aromatic heterocycles. The van der Waals surface area contributed by atoms with Crippen LogP contribution < -0.4 is 0 Å². The van der Waals surface area contributed by atoms with Crippen molar-refractivity contribution in [3.05, 3.63) is 11.6 Å². The van der Waals surface area contributed by atoms with E-state index in [1.54, 1.807) is 13.8 Å². The standard InChI is InChI=1S/C11H18O3/c1-10(2,12)9-5-3-4-6-11(9)13-7-8-14-11/h5,12H,3-4,6-8H2,1-2H3. The third-order valence-corrected chi connectivity index (χ3v) is 2.88. The van der Waals surface area contributed by atoms with Gasteiger partial charge in [-0.3, -0.25) is 0 Å². The highest BCUT2D eigenvalue weighted by Gasteiger charge is 2.46. The number of hydrogen-bond acceptors (Lipinski definition) is 3. The summed E-state index contributed by atoms with van der Waals surface area (Å²) in [5, 5.41) is 10.0. The van der Waals surface area contributed by atoms with Gasteiger partial charge in [-0.1, -0.05) is 6.08 Å². The second-order valence-corrected chi connectivity index (χ2v) is 4.52. The monoisotopic (exact) mass is 198 g/mol. The summed E-state index contributed by atoms with van der Waals surface area (Å²) in [6.45, 7) is 4.84. The van der Waals surface area contributed by atoms with Crippen LogP contribution in [-0.4, -0.2) is 29.7 Å². The van der Waals surface area contributed by atoms with Crippen molar-refractivity contribution in [2.75, 3.05) is 13.2 Å². The number of rotatable bonds is 1. The first-order valence-electron chi connectivity index (χ1n) is 5.26. The predicted octanol–water partition coefficient (Wildman–Crippen LogP) is 1.61. The van der Waals surface area contributed by atoms with Crippen molar-refractivity contribution < 1.29 is 14.6 Å². The van der Waals surface area contributed by atoms with Gasteiger partial charge in [-0.25, -0.2) is 0 Å². The molecule has 1 heterocycles. The minimum Gasteiger partial charge on any atom is -0.386 e. The van der Waals surface area contributed by atoms with E-state index < -0.39 is 11.4 Å². The molecule has 0 aromatic carbocycles. The van der Waals surface area contributed by atoms with Crippen LogP contribution >= 0.6 is 0 Å². The fourth-order valence-electron chi connectivity index (χ4n) is 2.34. The van der Waals surface area contributed by atoms with E-state index in [0.717, 1.165) is 24.8 Å². The highest BCUT2D eigenvalue weighted by Crippen LogP contribution is 2.41. The molecule has 14 heavy (non-hydrogen) atoms. The van der Waals surface area contributed by atoms with Gasteiger partial charge < -0.3 is 14.6 Å². The maximum Gasteiger partial charge on any atom is 0.193 e. The van der Waals surface area contributed by atoms with E-state index in [1.807, 2.05) is 0 Å². The summed E-state index contributed by atoms with van der Waals surface area (Å²) < 4.78 is 11.3. The molecule has 2 rings (SSSR count). The average molecular weight is 198 g/mol. The Morgan fingerprint density at radius 3 is 2.57 bits per heavy atom. The quantitative estimate of drug-likeness (QED) is 0.650. The van der Waals surface area contributed by atoms with Gasteiger partial charge in [0, 0.05) is 12.0 Å². The van der Waals surface area contributed by atoms with Crippen LogP contribution in [0.25, 0.3) is 0 Å². The zero-order valence-corrected chi connectivity index (χ0v) is 8.88. The molecule has 0 radical (unpaired) electrons. The number of allylic oxidation sites excluding steroid dienone is 1. The van der Waals surface area contributed by atoms with Crippen molar-refractivity contribution in [1.29, 1.82) is 0 Å². The van der Waals surface area contributed by atoms with Gasteiger partial charge in [-0.15, -0.1) is 0 Å². The Balaban J connectivity index is 2.31. The van der Waals surface area contributed by atoms with Crippen LogP contribution in [-0.2, 0) is 9.47 Å². The SMILES string of the molecule is CC(C)(O)C1=CCCCC12OCCO2. The first-order chi connectivity index (χ1) is 6.55. The maximum absolute atomic E-state index is 10.0. The van der Waals surface area contributed by atoms with Crippen molar-refractivity contribution in [1.82, 2.24) is 0 Å². The second kappa shape index (κ2) is 3.33. The summed E-state index contributed by atoms with van der Waals surface area (Å²) in [6.07, 6.45) is 5.00. The van der Waals surface area contributed by atoms with Gasteiger partial charge in [-0.2, -0.15) is 0 Å². The zero-order chi connectivity index (χ0) is 10.2. The lowest BCUT2D eigenvalue weighted by molar-refractivity contribution is -0.152. The van der Waals surface area contributed by atoms with Gasteiger partial charge in [0.1, 0.15) is 0 Å². The minimum absolute atomic E-state index is 0.615. The molecule has 1 aliphatic carbocycles. The molecule has 1 N–H and O–H groups in total. The zero-order valence-electron chi connectivity index (χ0n) is 8.88. The number of ether oxygens (including phenoxy) is 2. The Morgan fingerprint density at radius 1 is 1.36 bits per heavy atom. The van der Waals surface area contributed by atoms with E-state index in [-0.39, 0.29) is 0 Å². The Bertz CT molecular complexity index is 244. The molecule has 3 heteroatoms.